The van der Waals surface area contributed by atoms with Crippen LogP contribution in [0.5, 0.6) is 0 Å². The molecular weight excluding hydrogens is 232 g/mol. The van der Waals surface area contributed by atoms with E-state index in [1.165, 1.54) is 4.90 Å². The van der Waals surface area contributed by atoms with Gasteiger partial charge in [0.1, 0.15) is 0 Å². The lowest BCUT2D eigenvalue weighted by atomic mass is 9.81. The molecule has 1 aliphatic carbocycles. The maximum Gasteiger partial charge on any atom is 0.408 e. The van der Waals surface area contributed by atoms with E-state index in [1.54, 1.807) is 7.11 Å². The van der Waals surface area contributed by atoms with Crippen LogP contribution < -0.4 is 5.73 Å². The van der Waals surface area contributed by atoms with E-state index >= 15 is 0 Å². The molecule has 18 heavy (non-hydrogen) atoms. The van der Waals surface area contributed by atoms with E-state index in [0.29, 0.717) is 12.5 Å². The monoisotopic (exact) mass is 258 g/mol. The normalized spacial score (nSPS) is 29.1. The van der Waals surface area contributed by atoms with Crippen molar-refractivity contribution in [3.8, 4) is 0 Å². The Morgan fingerprint density at radius 1 is 1.44 bits per heavy atom. The Morgan fingerprint density at radius 2 is 2.06 bits per heavy atom. The molecule has 3 N–H and O–H groups in total. The fourth-order valence-corrected chi connectivity index (χ4v) is 2.86. The van der Waals surface area contributed by atoms with Crippen LogP contribution in [0.15, 0.2) is 0 Å². The molecule has 0 spiro atoms. The number of carbonyl (C=O) groups is 1. The number of hydrogen-bond acceptors (Lipinski definition) is 3. The average Bonchev–Trinajstić information content (AvgIpc) is 2.20. The van der Waals surface area contributed by atoms with Crippen molar-refractivity contribution in [1.82, 2.24) is 4.90 Å². The van der Waals surface area contributed by atoms with Gasteiger partial charge in [-0.2, -0.15) is 0 Å². The fourth-order valence-electron chi connectivity index (χ4n) is 2.86. The lowest BCUT2D eigenvalue weighted by molar-refractivity contribution is 0.0254. The first-order chi connectivity index (χ1) is 8.27. The summed E-state index contributed by atoms with van der Waals surface area (Å²) in [6.45, 7) is 6.41. The lowest BCUT2D eigenvalue weighted by Crippen LogP contribution is -2.59. The second-order valence-electron chi connectivity index (χ2n) is 6.19. The van der Waals surface area contributed by atoms with Gasteiger partial charge >= 0.3 is 6.09 Å². The third-order valence-electron chi connectivity index (χ3n) is 3.64. The first-order valence-corrected chi connectivity index (χ1v) is 6.54. The summed E-state index contributed by atoms with van der Waals surface area (Å²) in [5.41, 5.74) is 5.70. The van der Waals surface area contributed by atoms with E-state index in [4.69, 9.17) is 10.5 Å². The predicted molar refractivity (Wildman–Crippen MR) is 70.6 cm³/mol. The van der Waals surface area contributed by atoms with Gasteiger partial charge in [0.25, 0.3) is 0 Å². The highest BCUT2D eigenvalue weighted by molar-refractivity contribution is 5.66. The Balaban J connectivity index is 2.84. The fraction of sp³-hybridized carbons (Fsp3) is 0.923. The van der Waals surface area contributed by atoms with Crippen molar-refractivity contribution < 1.29 is 14.6 Å². The van der Waals surface area contributed by atoms with Crippen molar-refractivity contribution in [1.29, 1.82) is 0 Å². The Bertz CT molecular complexity index is 288. The van der Waals surface area contributed by atoms with Crippen molar-refractivity contribution in [3.63, 3.8) is 0 Å². The molecule has 0 unspecified atom stereocenters. The zero-order valence-corrected chi connectivity index (χ0v) is 11.8. The average molecular weight is 258 g/mol. The van der Waals surface area contributed by atoms with Crippen molar-refractivity contribution in [2.75, 3.05) is 13.7 Å². The number of ether oxygens (including phenoxy) is 1. The molecule has 106 valence electrons. The maximum atomic E-state index is 11.5. The zero-order chi connectivity index (χ0) is 13.9. The molecule has 5 nitrogen and oxygen atoms in total. The topological polar surface area (TPSA) is 75.8 Å². The molecule has 0 saturated heterocycles. The third-order valence-corrected chi connectivity index (χ3v) is 3.64. The van der Waals surface area contributed by atoms with Gasteiger partial charge in [-0.15, -0.1) is 0 Å². The lowest BCUT2D eigenvalue weighted by Gasteiger charge is -2.45. The second kappa shape index (κ2) is 5.89. The molecule has 0 aromatic carbocycles. The van der Waals surface area contributed by atoms with E-state index in [2.05, 4.69) is 0 Å². The van der Waals surface area contributed by atoms with E-state index < -0.39 is 11.6 Å². The summed E-state index contributed by atoms with van der Waals surface area (Å²) in [5, 5.41) is 9.43. The van der Waals surface area contributed by atoms with E-state index in [-0.39, 0.29) is 12.1 Å². The van der Waals surface area contributed by atoms with Crippen LogP contribution in [0, 0.1) is 5.92 Å². The van der Waals surface area contributed by atoms with Crippen LogP contribution in [0.1, 0.15) is 40.0 Å². The first-order valence-electron chi connectivity index (χ1n) is 6.54. The van der Waals surface area contributed by atoms with Crippen molar-refractivity contribution in [3.05, 3.63) is 0 Å². The van der Waals surface area contributed by atoms with Crippen LogP contribution in [0.25, 0.3) is 0 Å². The number of nitrogens with two attached hydrogens (primary N) is 1. The third kappa shape index (κ3) is 3.59. The Labute approximate surface area is 109 Å². The molecule has 1 aliphatic rings. The minimum Gasteiger partial charge on any atom is -0.465 e. The quantitative estimate of drug-likeness (QED) is 0.810. The number of rotatable bonds is 3. The van der Waals surface area contributed by atoms with Crippen LogP contribution in [-0.2, 0) is 4.74 Å². The first kappa shape index (κ1) is 15.2. The zero-order valence-electron chi connectivity index (χ0n) is 11.8. The van der Waals surface area contributed by atoms with Gasteiger partial charge in [0, 0.05) is 25.3 Å². The highest BCUT2D eigenvalue weighted by Gasteiger charge is 2.39. The summed E-state index contributed by atoms with van der Waals surface area (Å²) < 4.78 is 5.18. The van der Waals surface area contributed by atoms with Gasteiger partial charge in [0.2, 0.25) is 0 Å². The van der Waals surface area contributed by atoms with E-state index in [0.717, 1.165) is 19.3 Å². The number of nitrogens with zero attached hydrogens (tertiary/aromatic N) is 1. The molecule has 0 bridgehead atoms. The van der Waals surface area contributed by atoms with Crippen LogP contribution >= 0.6 is 0 Å². The molecule has 0 heterocycles. The molecule has 5 heteroatoms. The van der Waals surface area contributed by atoms with Gasteiger partial charge in [0.05, 0.1) is 6.04 Å². The summed E-state index contributed by atoms with van der Waals surface area (Å²) in [6.07, 6.45) is 1.78. The van der Waals surface area contributed by atoms with Gasteiger partial charge in [0.15, 0.2) is 0 Å². The molecule has 0 radical (unpaired) electrons. The van der Waals surface area contributed by atoms with Crippen molar-refractivity contribution in [2.24, 2.45) is 11.7 Å². The highest BCUT2D eigenvalue weighted by Crippen LogP contribution is 2.31. The molecule has 1 fully saturated rings. The van der Waals surface area contributed by atoms with Gasteiger partial charge < -0.3 is 15.6 Å². The summed E-state index contributed by atoms with van der Waals surface area (Å²) >= 11 is 0. The van der Waals surface area contributed by atoms with Crippen molar-refractivity contribution in [2.45, 2.75) is 57.7 Å². The number of carboxylic acid groups (broad SMARTS) is 1. The Hall–Kier alpha value is -0.810. The van der Waals surface area contributed by atoms with E-state index in [9.17, 15) is 9.90 Å². The standard InChI is InChI=1S/C13H26N2O3/c1-13(2,3)15(12(16)17)11-7-9(8-18-4)5-6-10(11)14/h9-11H,5-8,14H2,1-4H3,(H,16,17)/t9-,10-,11+/m0/s1. The summed E-state index contributed by atoms with van der Waals surface area (Å²) in [4.78, 5) is 13.0. The molecular formula is C13H26N2O3. The molecule has 1 rings (SSSR count). The molecule has 3 atom stereocenters. The maximum absolute atomic E-state index is 11.5. The smallest absolute Gasteiger partial charge is 0.408 e. The summed E-state index contributed by atoms with van der Waals surface area (Å²) in [6, 6.07) is -0.190. The Morgan fingerprint density at radius 3 is 2.50 bits per heavy atom. The van der Waals surface area contributed by atoms with Crippen LogP contribution in [-0.4, -0.2) is 47.4 Å². The minimum absolute atomic E-state index is 0.0755. The number of amides is 1. The number of hydrogen-bond donors (Lipinski definition) is 2. The largest absolute Gasteiger partial charge is 0.465 e. The minimum atomic E-state index is -0.888. The molecule has 1 saturated carbocycles. The molecule has 0 aromatic rings. The predicted octanol–water partition coefficient (Wildman–Crippen LogP) is 1.91. The second-order valence-corrected chi connectivity index (χ2v) is 6.19. The molecule has 0 aromatic heterocycles. The van der Waals surface area contributed by atoms with Gasteiger partial charge in [-0.25, -0.2) is 4.79 Å². The van der Waals surface area contributed by atoms with Gasteiger partial charge in [-0.05, 0) is 46.0 Å². The van der Waals surface area contributed by atoms with E-state index in [1.807, 2.05) is 20.8 Å². The van der Waals surface area contributed by atoms with Crippen LogP contribution in [0.2, 0.25) is 0 Å². The van der Waals surface area contributed by atoms with Crippen LogP contribution in [0.3, 0.4) is 0 Å². The van der Waals surface area contributed by atoms with Crippen molar-refractivity contribution >= 4 is 6.09 Å². The number of methoxy groups -OCH3 is 1. The highest BCUT2D eigenvalue weighted by atomic mass is 16.5. The van der Waals surface area contributed by atoms with Gasteiger partial charge in [-0.1, -0.05) is 0 Å². The summed E-state index contributed by atoms with van der Waals surface area (Å²) in [5.74, 6) is 0.406. The van der Waals surface area contributed by atoms with Gasteiger partial charge in [-0.3, -0.25) is 4.90 Å². The Kier molecular flexibility index (Phi) is 4.99. The molecule has 0 aliphatic heterocycles. The molecule has 1 amide bonds. The SMILES string of the molecule is COC[C@H]1CC[C@H](N)[C@H](N(C(=O)O)C(C)(C)C)C1. The van der Waals surface area contributed by atoms with Crippen LogP contribution in [0.4, 0.5) is 4.79 Å². The summed E-state index contributed by atoms with van der Waals surface area (Å²) in [7, 11) is 1.68.